The van der Waals surface area contributed by atoms with Gasteiger partial charge in [-0.1, -0.05) is 35.0 Å². The van der Waals surface area contributed by atoms with Gasteiger partial charge in [0, 0.05) is 17.6 Å². The van der Waals surface area contributed by atoms with Crippen LogP contribution in [-0.2, 0) is 0 Å². The van der Waals surface area contributed by atoms with Crippen molar-refractivity contribution >= 4 is 40.9 Å². The van der Waals surface area contributed by atoms with Gasteiger partial charge in [0.1, 0.15) is 5.03 Å². The van der Waals surface area contributed by atoms with Crippen molar-refractivity contribution in [3.8, 4) is 0 Å². The molecule has 0 unspecified atom stereocenters. The van der Waals surface area contributed by atoms with Gasteiger partial charge in [-0.15, -0.1) is 0 Å². The van der Waals surface area contributed by atoms with Gasteiger partial charge in [0.15, 0.2) is 0 Å². The molecule has 0 spiro atoms. The summed E-state index contributed by atoms with van der Waals surface area (Å²) in [6.07, 6.45) is 0. The van der Waals surface area contributed by atoms with Crippen molar-refractivity contribution in [2.24, 2.45) is 0 Å². The SMILES string of the molecule is CNc1nc(C)cc(Sc2ccc(Cl)c(Cl)c2)n1. The van der Waals surface area contributed by atoms with Crippen LogP contribution in [0.25, 0.3) is 0 Å². The Bertz CT molecular complexity index is 575. The van der Waals surface area contributed by atoms with E-state index in [1.807, 2.05) is 25.1 Å². The molecule has 18 heavy (non-hydrogen) atoms. The second-order valence-electron chi connectivity index (χ2n) is 3.60. The second-order valence-corrected chi connectivity index (χ2v) is 5.51. The third-order valence-corrected chi connectivity index (χ3v) is 3.81. The van der Waals surface area contributed by atoms with Gasteiger partial charge in [0.25, 0.3) is 0 Å². The summed E-state index contributed by atoms with van der Waals surface area (Å²) in [5.41, 5.74) is 0.914. The normalized spacial score (nSPS) is 10.4. The second kappa shape index (κ2) is 5.78. The van der Waals surface area contributed by atoms with Crippen LogP contribution in [-0.4, -0.2) is 17.0 Å². The maximum Gasteiger partial charge on any atom is 0.223 e. The molecular weight excluding hydrogens is 289 g/mol. The lowest BCUT2D eigenvalue weighted by atomic mass is 10.4. The lowest BCUT2D eigenvalue weighted by Gasteiger charge is -2.05. The van der Waals surface area contributed by atoms with Crippen molar-refractivity contribution in [1.82, 2.24) is 9.97 Å². The van der Waals surface area contributed by atoms with E-state index in [-0.39, 0.29) is 0 Å². The fourth-order valence-electron chi connectivity index (χ4n) is 1.36. The lowest BCUT2D eigenvalue weighted by Crippen LogP contribution is -1.98. The molecule has 3 nitrogen and oxygen atoms in total. The van der Waals surface area contributed by atoms with Crippen LogP contribution in [0.2, 0.25) is 10.0 Å². The summed E-state index contributed by atoms with van der Waals surface area (Å²) in [6, 6.07) is 7.44. The van der Waals surface area contributed by atoms with Crippen molar-refractivity contribution in [3.63, 3.8) is 0 Å². The number of hydrogen-bond donors (Lipinski definition) is 1. The molecule has 0 aliphatic carbocycles. The first-order valence-electron chi connectivity index (χ1n) is 5.25. The van der Waals surface area contributed by atoms with Gasteiger partial charge in [0.2, 0.25) is 5.95 Å². The van der Waals surface area contributed by atoms with Crippen molar-refractivity contribution in [1.29, 1.82) is 0 Å². The van der Waals surface area contributed by atoms with E-state index in [1.54, 1.807) is 13.1 Å². The van der Waals surface area contributed by atoms with E-state index < -0.39 is 0 Å². The minimum absolute atomic E-state index is 0.543. The number of hydrogen-bond acceptors (Lipinski definition) is 4. The molecule has 94 valence electrons. The average molecular weight is 300 g/mol. The molecule has 0 aliphatic heterocycles. The summed E-state index contributed by atoms with van der Waals surface area (Å²) in [4.78, 5) is 9.60. The highest BCUT2D eigenvalue weighted by Crippen LogP contribution is 2.32. The maximum atomic E-state index is 5.98. The highest BCUT2D eigenvalue weighted by molar-refractivity contribution is 7.99. The van der Waals surface area contributed by atoms with Crippen LogP contribution in [0.1, 0.15) is 5.69 Å². The largest absolute Gasteiger partial charge is 0.357 e. The van der Waals surface area contributed by atoms with Crippen LogP contribution in [0.5, 0.6) is 0 Å². The standard InChI is InChI=1S/C12H11Cl2N3S/c1-7-5-11(17-12(15-2)16-7)18-8-3-4-9(13)10(14)6-8/h3-6H,1-2H3,(H,15,16,17). The predicted molar refractivity (Wildman–Crippen MR) is 76.9 cm³/mol. The number of halogens is 2. The van der Waals surface area contributed by atoms with E-state index in [9.17, 15) is 0 Å². The third kappa shape index (κ3) is 3.28. The minimum Gasteiger partial charge on any atom is -0.357 e. The molecule has 0 amide bonds. The van der Waals surface area contributed by atoms with Crippen LogP contribution in [0, 0.1) is 6.92 Å². The molecule has 0 saturated heterocycles. The van der Waals surface area contributed by atoms with Crippen molar-refractivity contribution in [3.05, 3.63) is 40.0 Å². The topological polar surface area (TPSA) is 37.8 Å². The molecule has 1 N–H and O–H groups in total. The van der Waals surface area contributed by atoms with E-state index in [0.29, 0.717) is 16.0 Å². The molecule has 2 aromatic rings. The van der Waals surface area contributed by atoms with Crippen LogP contribution >= 0.6 is 35.0 Å². The molecule has 1 heterocycles. The van der Waals surface area contributed by atoms with E-state index in [0.717, 1.165) is 15.6 Å². The molecule has 1 aromatic heterocycles. The average Bonchev–Trinajstić information content (AvgIpc) is 2.33. The number of anilines is 1. The molecule has 6 heteroatoms. The fraction of sp³-hybridized carbons (Fsp3) is 0.167. The summed E-state index contributed by atoms with van der Waals surface area (Å²) in [5.74, 6) is 0.609. The number of rotatable bonds is 3. The summed E-state index contributed by atoms with van der Waals surface area (Å²) < 4.78 is 0. The zero-order chi connectivity index (χ0) is 13.1. The molecule has 0 fully saturated rings. The molecule has 0 atom stereocenters. The Morgan fingerprint density at radius 3 is 2.56 bits per heavy atom. The molecular formula is C12H11Cl2N3S. The van der Waals surface area contributed by atoms with E-state index in [2.05, 4.69) is 15.3 Å². The van der Waals surface area contributed by atoms with E-state index in [1.165, 1.54) is 11.8 Å². The maximum absolute atomic E-state index is 5.98. The molecule has 0 bridgehead atoms. The van der Waals surface area contributed by atoms with Gasteiger partial charge < -0.3 is 5.32 Å². The van der Waals surface area contributed by atoms with Gasteiger partial charge >= 0.3 is 0 Å². The Kier molecular flexibility index (Phi) is 4.32. The van der Waals surface area contributed by atoms with Gasteiger partial charge in [-0.25, -0.2) is 9.97 Å². The van der Waals surface area contributed by atoms with E-state index >= 15 is 0 Å². The first kappa shape index (κ1) is 13.5. The summed E-state index contributed by atoms with van der Waals surface area (Å²) in [7, 11) is 1.79. The van der Waals surface area contributed by atoms with Crippen LogP contribution in [0.15, 0.2) is 34.2 Å². The molecule has 1 aromatic carbocycles. The molecule has 2 rings (SSSR count). The Morgan fingerprint density at radius 1 is 1.11 bits per heavy atom. The molecule has 0 saturated carbocycles. The highest BCUT2D eigenvalue weighted by Gasteiger charge is 2.05. The highest BCUT2D eigenvalue weighted by atomic mass is 35.5. The quantitative estimate of drug-likeness (QED) is 0.858. The summed E-state index contributed by atoms with van der Waals surface area (Å²) >= 11 is 13.4. The van der Waals surface area contributed by atoms with Crippen LogP contribution in [0.4, 0.5) is 5.95 Å². The zero-order valence-electron chi connectivity index (χ0n) is 9.87. The number of nitrogens with zero attached hydrogens (tertiary/aromatic N) is 2. The number of aryl methyl sites for hydroxylation is 1. The van der Waals surface area contributed by atoms with Gasteiger partial charge in [-0.3, -0.25) is 0 Å². The summed E-state index contributed by atoms with van der Waals surface area (Å²) in [6.45, 7) is 1.93. The third-order valence-electron chi connectivity index (χ3n) is 2.17. The Balaban J connectivity index is 2.27. The van der Waals surface area contributed by atoms with Crippen LogP contribution in [0.3, 0.4) is 0 Å². The molecule has 0 radical (unpaired) electrons. The first-order valence-corrected chi connectivity index (χ1v) is 6.82. The minimum atomic E-state index is 0.543. The van der Waals surface area contributed by atoms with Crippen molar-refractivity contribution in [2.45, 2.75) is 16.8 Å². The summed E-state index contributed by atoms with van der Waals surface area (Å²) in [5, 5.41) is 4.89. The fourth-order valence-corrected chi connectivity index (χ4v) is 2.64. The Morgan fingerprint density at radius 2 is 1.89 bits per heavy atom. The van der Waals surface area contributed by atoms with E-state index in [4.69, 9.17) is 23.2 Å². The number of aromatic nitrogens is 2. The van der Waals surface area contributed by atoms with Gasteiger partial charge in [0.05, 0.1) is 10.0 Å². The smallest absolute Gasteiger partial charge is 0.223 e. The molecule has 0 aliphatic rings. The zero-order valence-corrected chi connectivity index (χ0v) is 12.2. The van der Waals surface area contributed by atoms with Crippen molar-refractivity contribution < 1.29 is 0 Å². The Labute approximate surface area is 120 Å². The van der Waals surface area contributed by atoms with Gasteiger partial charge in [-0.2, -0.15) is 0 Å². The van der Waals surface area contributed by atoms with Crippen molar-refractivity contribution in [2.75, 3.05) is 12.4 Å². The number of nitrogens with one attached hydrogen (secondary N) is 1. The monoisotopic (exact) mass is 299 g/mol. The number of benzene rings is 1. The van der Waals surface area contributed by atoms with Gasteiger partial charge in [-0.05, 0) is 31.2 Å². The first-order chi connectivity index (χ1) is 8.58. The lowest BCUT2D eigenvalue weighted by molar-refractivity contribution is 1.01. The van der Waals surface area contributed by atoms with Crippen LogP contribution < -0.4 is 5.32 Å². The predicted octanol–water partition coefficient (Wildman–Crippen LogP) is 4.28. The Hall–Kier alpha value is -0.970.